The second kappa shape index (κ2) is 3.96. The van der Waals surface area contributed by atoms with Gasteiger partial charge in [0.15, 0.2) is 9.84 Å². The minimum atomic E-state index is -3.23. The van der Waals surface area contributed by atoms with Gasteiger partial charge in [0, 0.05) is 12.6 Å². The van der Waals surface area contributed by atoms with Gasteiger partial charge in [0.05, 0.1) is 16.8 Å². The Morgan fingerprint density at radius 3 is 2.50 bits per heavy atom. The van der Waals surface area contributed by atoms with Crippen molar-refractivity contribution in [3.63, 3.8) is 0 Å². The Morgan fingerprint density at radius 1 is 1.38 bits per heavy atom. The molecule has 0 amide bonds. The van der Waals surface area contributed by atoms with Gasteiger partial charge in [0.1, 0.15) is 0 Å². The topological polar surface area (TPSA) is 71.5 Å². The van der Waals surface area contributed by atoms with E-state index in [1.165, 1.54) is 4.31 Å². The van der Waals surface area contributed by atoms with E-state index < -0.39 is 25.1 Å². The SMILES string of the molecule is CCCCS(=O)(=O)N1CC2CC1CS2(=O)=O. The Labute approximate surface area is 96.8 Å². The molecule has 0 saturated carbocycles. The number of sulfonamides is 1. The summed E-state index contributed by atoms with van der Waals surface area (Å²) in [4.78, 5) is 0. The van der Waals surface area contributed by atoms with E-state index in [0.717, 1.165) is 6.42 Å². The highest BCUT2D eigenvalue weighted by Crippen LogP contribution is 2.34. The van der Waals surface area contributed by atoms with Gasteiger partial charge in [0.25, 0.3) is 0 Å². The lowest BCUT2D eigenvalue weighted by atomic mass is 10.3. The fourth-order valence-corrected chi connectivity index (χ4v) is 6.57. The van der Waals surface area contributed by atoms with Crippen LogP contribution in [0.5, 0.6) is 0 Å². The van der Waals surface area contributed by atoms with Crippen LogP contribution >= 0.6 is 0 Å². The van der Waals surface area contributed by atoms with Crippen LogP contribution in [-0.2, 0) is 19.9 Å². The smallest absolute Gasteiger partial charge is 0.214 e. The quantitative estimate of drug-likeness (QED) is 0.718. The molecule has 94 valence electrons. The van der Waals surface area contributed by atoms with E-state index in [-0.39, 0.29) is 24.1 Å². The van der Waals surface area contributed by atoms with Gasteiger partial charge in [0.2, 0.25) is 10.0 Å². The molecule has 5 nitrogen and oxygen atoms in total. The van der Waals surface area contributed by atoms with Crippen LogP contribution in [0.2, 0.25) is 0 Å². The molecular formula is C9H17NO4S2. The predicted molar refractivity (Wildman–Crippen MR) is 61.4 cm³/mol. The highest BCUT2D eigenvalue weighted by molar-refractivity contribution is 7.93. The average Bonchev–Trinajstić information content (AvgIpc) is 2.70. The summed E-state index contributed by atoms with van der Waals surface area (Å²) < 4.78 is 48.2. The summed E-state index contributed by atoms with van der Waals surface area (Å²) in [5, 5.41) is -0.450. The third kappa shape index (κ3) is 2.00. The molecule has 0 aliphatic carbocycles. The van der Waals surface area contributed by atoms with Crippen molar-refractivity contribution in [2.24, 2.45) is 0 Å². The van der Waals surface area contributed by atoms with Crippen LogP contribution < -0.4 is 0 Å². The molecule has 0 aromatic carbocycles. The Kier molecular flexibility index (Phi) is 3.05. The van der Waals surface area contributed by atoms with Gasteiger partial charge in [-0.3, -0.25) is 0 Å². The van der Waals surface area contributed by atoms with Gasteiger partial charge in [-0.25, -0.2) is 16.8 Å². The van der Waals surface area contributed by atoms with Gasteiger partial charge in [-0.15, -0.1) is 0 Å². The number of fused-ring (bicyclic) bond motifs is 2. The number of hydrogen-bond acceptors (Lipinski definition) is 4. The lowest BCUT2D eigenvalue weighted by molar-refractivity contribution is 0.401. The van der Waals surface area contributed by atoms with E-state index in [2.05, 4.69) is 0 Å². The first kappa shape index (κ1) is 12.3. The van der Waals surface area contributed by atoms with E-state index in [4.69, 9.17) is 0 Å². The van der Waals surface area contributed by atoms with Crippen LogP contribution in [0.15, 0.2) is 0 Å². The van der Waals surface area contributed by atoms with Gasteiger partial charge in [-0.1, -0.05) is 13.3 Å². The highest BCUT2D eigenvalue weighted by atomic mass is 32.2. The molecule has 2 aliphatic heterocycles. The number of nitrogens with zero attached hydrogens (tertiary/aromatic N) is 1. The van der Waals surface area contributed by atoms with Crippen molar-refractivity contribution < 1.29 is 16.8 Å². The normalized spacial score (nSPS) is 33.3. The zero-order valence-electron chi connectivity index (χ0n) is 9.29. The minimum Gasteiger partial charge on any atom is -0.228 e. The molecule has 2 bridgehead atoms. The van der Waals surface area contributed by atoms with Crippen molar-refractivity contribution in [1.82, 2.24) is 4.31 Å². The molecule has 2 fully saturated rings. The molecule has 2 heterocycles. The molecule has 16 heavy (non-hydrogen) atoms. The van der Waals surface area contributed by atoms with Crippen molar-refractivity contribution in [3.05, 3.63) is 0 Å². The van der Waals surface area contributed by atoms with Crippen LogP contribution in [0.4, 0.5) is 0 Å². The third-order valence-corrected chi connectivity index (χ3v) is 7.54. The number of unbranched alkanes of at least 4 members (excludes halogenated alkanes) is 1. The summed E-state index contributed by atoms with van der Waals surface area (Å²) in [6.07, 6.45) is 1.97. The van der Waals surface area contributed by atoms with E-state index in [9.17, 15) is 16.8 Å². The molecule has 2 saturated heterocycles. The van der Waals surface area contributed by atoms with Gasteiger partial charge < -0.3 is 0 Å². The average molecular weight is 267 g/mol. The summed E-state index contributed by atoms with van der Waals surface area (Å²) in [6.45, 7) is 2.12. The van der Waals surface area contributed by atoms with E-state index in [0.29, 0.717) is 12.8 Å². The van der Waals surface area contributed by atoms with Crippen molar-refractivity contribution in [3.8, 4) is 0 Å². The summed E-state index contributed by atoms with van der Waals surface area (Å²) in [6, 6.07) is -0.295. The first-order valence-corrected chi connectivity index (χ1v) is 8.90. The van der Waals surface area contributed by atoms with Crippen molar-refractivity contribution in [2.75, 3.05) is 18.1 Å². The summed E-state index contributed by atoms with van der Waals surface area (Å²) >= 11 is 0. The van der Waals surface area contributed by atoms with Crippen molar-refractivity contribution >= 4 is 19.9 Å². The molecule has 7 heteroatoms. The largest absolute Gasteiger partial charge is 0.228 e. The molecular weight excluding hydrogens is 250 g/mol. The maximum absolute atomic E-state index is 11.9. The van der Waals surface area contributed by atoms with Crippen LogP contribution in [0, 0.1) is 0 Å². The number of hydrogen-bond donors (Lipinski definition) is 0. The zero-order chi connectivity index (χ0) is 12.0. The fourth-order valence-electron chi connectivity index (χ4n) is 2.45. The Balaban J connectivity index is 2.11. The first-order valence-electron chi connectivity index (χ1n) is 5.58. The second-order valence-electron chi connectivity index (χ2n) is 4.58. The first-order chi connectivity index (χ1) is 7.37. The summed E-state index contributed by atoms with van der Waals surface area (Å²) in [7, 11) is -6.24. The number of rotatable bonds is 4. The van der Waals surface area contributed by atoms with Crippen LogP contribution in [-0.4, -0.2) is 50.5 Å². The molecule has 0 aromatic heterocycles. The Morgan fingerprint density at radius 2 is 2.06 bits per heavy atom. The molecule has 0 spiro atoms. The maximum atomic E-state index is 11.9. The van der Waals surface area contributed by atoms with E-state index in [1.54, 1.807) is 0 Å². The molecule has 2 atom stereocenters. The molecule has 2 unspecified atom stereocenters. The van der Waals surface area contributed by atoms with Crippen molar-refractivity contribution in [1.29, 1.82) is 0 Å². The third-order valence-electron chi connectivity index (χ3n) is 3.37. The molecule has 0 radical (unpaired) electrons. The van der Waals surface area contributed by atoms with Crippen LogP contribution in [0.25, 0.3) is 0 Å². The monoisotopic (exact) mass is 267 g/mol. The standard InChI is InChI=1S/C9H17NO4S2/c1-2-3-4-16(13,14)10-6-9-5-8(10)7-15(9,11)12/h8-9H,2-7H2,1H3. The minimum absolute atomic E-state index is 0.0169. The molecule has 0 aromatic rings. The Hall–Kier alpha value is -0.140. The zero-order valence-corrected chi connectivity index (χ0v) is 10.9. The summed E-state index contributed by atoms with van der Waals surface area (Å²) in [5.41, 5.74) is 0. The van der Waals surface area contributed by atoms with Gasteiger partial charge in [-0.05, 0) is 12.8 Å². The fraction of sp³-hybridized carbons (Fsp3) is 1.00. The summed E-state index contributed by atoms with van der Waals surface area (Å²) in [5.74, 6) is 0.162. The van der Waals surface area contributed by atoms with Gasteiger partial charge in [-0.2, -0.15) is 4.31 Å². The van der Waals surface area contributed by atoms with E-state index >= 15 is 0 Å². The predicted octanol–water partition coefficient (Wildman–Crippen LogP) is -0.0124. The molecule has 2 aliphatic rings. The van der Waals surface area contributed by atoms with Gasteiger partial charge >= 0.3 is 0 Å². The lowest BCUT2D eigenvalue weighted by Gasteiger charge is -2.25. The van der Waals surface area contributed by atoms with E-state index in [1.807, 2.05) is 6.92 Å². The van der Waals surface area contributed by atoms with Crippen molar-refractivity contribution in [2.45, 2.75) is 37.5 Å². The molecule has 0 N–H and O–H groups in total. The lowest BCUT2D eigenvalue weighted by Crippen LogP contribution is -2.44. The maximum Gasteiger partial charge on any atom is 0.214 e. The Bertz CT molecular complexity index is 468. The number of sulfone groups is 1. The van der Waals surface area contributed by atoms with Crippen LogP contribution in [0.3, 0.4) is 0 Å². The second-order valence-corrected chi connectivity index (χ2v) is 8.95. The van der Waals surface area contributed by atoms with Crippen LogP contribution in [0.1, 0.15) is 26.2 Å². The molecule has 2 rings (SSSR count). The highest BCUT2D eigenvalue weighted by Gasteiger charge is 2.51.